The predicted octanol–water partition coefficient (Wildman–Crippen LogP) is 2.29. The third kappa shape index (κ3) is 6.56. The molecule has 0 saturated heterocycles. The van der Waals surface area contributed by atoms with Crippen LogP contribution in [-0.4, -0.2) is 30.3 Å². The lowest BCUT2D eigenvalue weighted by molar-refractivity contribution is -0.0327. The van der Waals surface area contributed by atoms with Crippen LogP contribution in [0, 0.1) is 18.8 Å². The number of rotatable bonds is 4. The van der Waals surface area contributed by atoms with Gasteiger partial charge in [-0.25, -0.2) is 0 Å². The highest BCUT2D eigenvalue weighted by molar-refractivity contribution is 8.00. The zero-order valence-corrected chi connectivity index (χ0v) is 12.2. The molecule has 114 valence electrons. The number of thioether (sulfide) groups is 1. The van der Waals surface area contributed by atoms with Gasteiger partial charge in [-0.1, -0.05) is 17.9 Å². The van der Waals surface area contributed by atoms with Crippen molar-refractivity contribution in [2.24, 2.45) is 5.73 Å². The Morgan fingerprint density at radius 1 is 1.43 bits per heavy atom. The minimum Gasteiger partial charge on any atom is -0.351 e. The van der Waals surface area contributed by atoms with Crippen LogP contribution in [0.4, 0.5) is 13.2 Å². The molecule has 3 N–H and O–H groups in total. The molecule has 0 atom stereocenters. The van der Waals surface area contributed by atoms with Crippen LogP contribution in [0.3, 0.4) is 0 Å². The van der Waals surface area contributed by atoms with Crippen molar-refractivity contribution in [2.75, 3.05) is 18.8 Å². The van der Waals surface area contributed by atoms with Gasteiger partial charge in [-0.05, 0) is 36.4 Å². The van der Waals surface area contributed by atoms with Crippen molar-refractivity contribution in [2.45, 2.75) is 12.4 Å². The smallest absolute Gasteiger partial charge is 0.351 e. The molecule has 0 aromatic heterocycles. The van der Waals surface area contributed by atoms with Crippen LogP contribution in [0.25, 0.3) is 0 Å². The summed E-state index contributed by atoms with van der Waals surface area (Å²) in [4.78, 5) is 11.9. The molecular formula is C14H15F3N2OS. The Morgan fingerprint density at radius 2 is 2.14 bits per heavy atom. The normalized spacial score (nSPS) is 10.7. The molecule has 0 heterocycles. The Morgan fingerprint density at radius 3 is 2.76 bits per heavy atom. The monoisotopic (exact) mass is 316 g/mol. The van der Waals surface area contributed by atoms with E-state index in [0.29, 0.717) is 11.1 Å². The van der Waals surface area contributed by atoms with Gasteiger partial charge in [0.15, 0.2) is 0 Å². The first-order valence-electron chi connectivity index (χ1n) is 6.12. The maximum Gasteiger partial charge on any atom is 0.441 e. The standard InChI is InChI=1S/C14H15F3N2OS/c1-10-4-5-11(3-2-6-18)9-12(10)13(20)19-7-8-21-14(15,16)17/h4-5,9H,6-8,18H2,1H3,(H,19,20). The maximum absolute atomic E-state index is 12.0. The quantitative estimate of drug-likeness (QED) is 0.662. The maximum atomic E-state index is 12.0. The highest BCUT2D eigenvalue weighted by Crippen LogP contribution is 2.29. The minimum atomic E-state index is -4.28. The van der Waals surface area contributed by atoms with Gasteiger partial charge in [-0.2, -0.15) is 13.2 Å². The second kappa shape index (κ2) is 7.96. The Labute approximate surface area is 125 Å². The van der Waals surface area contributed by atoms with Gasteiger partial charge in [0.2, 0.25) is 0 Å². The Hall–Kier alpha value is -1.65. The lowest BCUT2D eigenvalue weighted by Crippen LogP contribution is -2.27. The molecule has 1 amide bonds. The number of hydrogen-bond acceptors (Lipinski definition) is 3. The Kier molecular flexibility index (Phi) is 6.59. The SMILES string of the molecule is Cc1ccc(C#CCN)cc1C(=O)NCCSC(F)(F)F. The van der Waals surface area contributed by atoms with Crippen LogP contribution in [0.15, 0.2) is 18.2 Å². The van der Waals surface area contributed by atoms with Gasteiger partial charge in [-0.3, -0.25) is 4.79 Å². The van der Waals surface area contributed by atoms with Gasteiger partial charge in [0, 0.05) is 23.4 Å². The molecule has 0 spiro atoms. The van der Waals surface area contributed by atoms with E-state index in [1.807, 2.05) is 0 Å². The van der Waals surface area contributed by atoms with E-state index in [1.54, 1.807) is 25.1 Å². The van der Waals surface area contributed by atoms with Crippen molar-refractivity contribution in [1.29, 1.82) is 0 Å². The predicted molar refractivity (Wildman–Crippen MR) is 78.0 cm³/mol. The molecule has 1 aromatic rings. The van der Waals surface area contributed by atoms with E-state index in [2.05, 4.69) is 17.2 Å². The fourth-order valence-electron chi connectivity index (χ4n) is 1.52. The van der Waals surface area contributed by atoms with Crippen molar-refractivity contribution in [3.05, 3.63) is 34.9 Å². The number of amides is 1. The van der Waals surface area contributed by atoms with Gasteiger partial charge in [0.25, 0.3) is 5.91 Å². The average Bonchev–Trinajstić information content (AvgIpc) is 2.41. The molecule has 3 nitrogen and oxygen atoms in total. The summed E-state index contributed by atoms with van der Waals surface area (Å²) in [6.45, 7) is 1.91. The lowest BCUT2D eigenvalue weighted by Gasteiger charge is -2.09. The van der Waals surface area contributed by atoms with E-state index >= 15 is 0 Å². The largest absolute Gasteiger partial charge is 0.441 e. The number of hydrogen-bond donors (Lipinski definition) is 2. The molecule has 0 bridgehead atoms. The average molecular weight is 316 g/mol. The zero-order chi connectivity index (χ0) is 15.9. The third-order valence-electron chi connectivity index (χ3n) is 2.47. The van der Waals surface area contributed by atoms with Crippen LogP contribution in [0.1, 0.15) is 21.5 Å². The first kappa shape index (κ1) is 17.4. The molecule has 0 radical (unpaired) electrons. The summed E-state index contributed by atoms with van der Waals surface area (Å²) >= 11 is -0.162. The third-order valence-corrected chi connectivity index (χ3v) is 3.21. The van der Waals surface area contributed by atoms with Crippen molar-refractivity contribution < 1.29 is 18.0 Å². The van der Waals surface area contributed by atoms with E-state index in [-0.39, 0.29) is 30.6 Å². The van der Waals surface area contributed by atoms with Gasteiger partial charge < -0.3 is 11.1 Å². The highest BCUT2D eigenvalue weighted by atomic mass is 32.2. The molecule has 7 heteroatoms. The number of nitrogens with two attached hydrogens (primary N) is 1. The second-order valence-electron chi connectivity index (χ2n) is 4.09. The van der Waals surface area contributed by atoms with Crippen molar-refractivity contribution in [3.63, 3.8) is 0 Å². The van der Waals surface area contributed by atoms with Gasteiger partial charge in [-0.15, -0.1) is 0 Å². The van der Waals surface area contributed by atoms with Crippen LogP contribution < -0.4 is 11.1 Å². The van der Waals surface area contributed by atoms with Crippen LogP contribution in [0.5, 0.6) is 0 Å². The summed E-state index contributed by atoms with van der Waals surface area (Å²) in [6, 6.07) is 5.10. The highest BCUT2D eigenvalue weighted by Gasteiger charge is 2.27. The van der Waals surface area contributed by atoms with E-state index < -0.39 is 11.4 Å². The number of benzene rings is 1. The summed E-state index contributed by atoms with van der Waals surface area (Å²) in [5, 5.41) is 2.46. The summed E-state index contributed by atoms with van der Waals surface area (Å²) in [5.74, 6) is 4.85. The number of halogens is 3. The Bertz CT molecular complexity index is 562. The summed E-state index contributed by atoms with van der Waals surface area (Å²) in [6.07, 6.45) is 0. The molecule has 1 rings (SSSR count). The number of nitrogens with one attached hydrogen (secondary N) is 1. The number of alkyl halides is 3. The number of aryl methyl sites for hydroxylation is 1. The number of carbonyl (C=O) groups excluding carboxylic acids is 1. The van der Waals surface area contributed by atoms with Gasteiger partial charge in [0.05, 0.1) is 6.54 Å². The van der Waals surface area contributed by atoms with Gasteiger partial charge in [0.1, 0.15) is 0 Å². The first-order chi connectivity index (χ1) is 9.83. The minimum absolute atomic E-state index is 0.0544. The second-order valence-corrected chi connectivity index (χ2v) is 5.25. The molecule has 0 fully saturated rings. The Balaban J connectivity index is 2.65. The van der Waals surface area contributed by atoms with E-state index in [1.165, 1.54) is 0 Å². The topological polar surface area (TPSA) is 55.1 Å². The van der Waals surface area contributed by atoms with Crippen LogP contribution >= 0.6 is 11.8 Å². The van der Waals surface area contributed by atoms with E-state index in [9.17, 15) is 18.0 Å². The number of carbonyl (C=O) groups is 1. The molecule has 0 aliphatic carbocycles. The molecule has 0 aliphatic rings. The van der Waals surface area contributed by atoms with Crippen molar-refractivity contribution >= 4 is 17.7 Å². The van der Waals surface area contributed by atoms with Crippen molar-refractivity contribution in [3.8, 4) is 11.8 Å². The van der Waals surface area contributed by atoms with E-state index in [0.717, 1.165) is 5.56 Å². The molecule has 21 heavy (non-hydrogen) atoms. The summed E-state index contributed by atoms with van der Waals surface area (Å²) in [5.41, 5.74) is 2.76. The van der Waals surface area contributed by atoms with Crippen LogP contribution in [-0.2, 0) is 0 Å². The van der Waals surface area contributed by atoms with Crippen molar-refractivity contribution in [1.82, 2.24) is 5.32 Å². The molecular weight excluding hydrogens is 301 g/mol. The summed E-state index contributed by atoms with van der Waals surface area (Å²) in [7, 11) is 0. The van der Waals surface area contributed by atoms with Crippen LogP contribution in [0.2, 0.25) is 0 Å². The van der Waals surface area contributed by atoms with Gasteiger partial charge >= 0.3 is 5.51 Å². The first-order valence-corrected chi connectivity index (χ1v) is 7.10. The fourth-order valence-corrected chi connectivity index (χ4v) is 1.96. The molecule has 1 aromatic carbocycles. The lowest BCUT2D eigenvalue weighted by atomic mass is 10.0. The molecule has 0 saturated carbocycles. The molecule has 0 aliphatic heterocycles. The van der Waals surface area contributed by atoms with E-state index in [4.69, 9.17) is 5.73 Å². The fraction of sp³-hybridized carbons (Fsp3) is 0.357. The summed E-state index contributed by atoms with van der Waals surface area (Å²) < 4.78 is 35.9. The molecule has 0 unspecified atom stereocenters. The zero-order valence-electron chi connectivity index (χ0n) is 11.4.